The summed E-state index contributed by atoms with van der Waals surface area (Å²) in [6, 6.07) is 0. The zero-order valence-electron chi connectivity index (χ0n) is 9.17. The second-order valence-electron chi connectivity index (χ2n) is 4.90. The van der Waals surface area contributed by atoms with Gasteiger partial charge in [0.15, 0.2) is 5.13 Å². The molecule has 1 aromatic rings. The van der Waals surface area contributed by atoms with Crippen LogP contribution in [-0.4, -0.2) is 24.0 Å². The Kier molecular flexibility index (Phi) is 2.06. The smallest absolute Gasteiger partial charge is 0.254 e. The second kappa shape index (κ2) is 3.15. The number of aryl methyl sites for hydroxylation is 1. The molecule has 1 aromatic heterocycles. The molecule has 0 atom stereocenters. The summed E-state index contributed by atoms with van der Waals surface area (Å²) in [7, 11) is 0. The lowest BCUT2D eigenvalue weighted by molar-refractivity contribution is 0.0537. The van der Waals surface area contributed by atoms with Crippen LogP contribution in [0.25, 0.3) is 0 Å². The van der Waals surface area contributed by atoms with Crippen LogP contribution in [0, 0.1) is 12.3 Å². The molecule has 16 heavy (non-hydrogen) atoms. The maximum absolute atomic E-state index is 13.2. The maximum Gasteiger partial charge on any atom is 0.254 e. The molecule has 2 nitrogen and oxygen atoms in total. The van der Waals surface area contributed by atoms with Gasteiger partial charge in [-0.25, -0.2) is 13.8 Å². The molecule has 5 heteroatoms. The number of halogens is 2. The van der Waals surface area contributed by atoms with Crippen molar-refractivity contribution >= 4 is 16.5 Å². The quantitative estimate of drug-likeness (QED) is 0.754. The van der Waals surface area contributed by atoms with Crippen molar-refractivity contribution in [3.05, 3.63) is 11.1 Å². The van der Waals surface area contributed by atoms with Crippen molar-refractivity contribution in [2.24, 2.45) is 5.41 Å². The zero-order valence-corrected chi connectivity index (χ0v) is 9.99. The molecule has 1 aliphatic carbocycles. The molecule has 2 fully saturated rings. The van der Waals surface area contributed by atoms with Gasteiger partial charge in [-0.1, -0.05) is 0 Å². The number of thiazole rings is 1. The van der Waals surface area contributed by atoms with Gasteiger partial charge in [-0.2, -0.15) is 0 Å². The van der Waals surface area contributed by atoms with Gasteiger partial charge in [0.2, 0.25) is 0 Å². The van der Waals surface area contributed by atoms with Gasteiger partial charge < -0.3 is 4.90 Å². The summed E-state index contributed by atoms with van der Waals surface area (Å²) in [5, 5.41) is 0.983. The lowest BCUT2D eigenvalue weighted by Crippen LogP contribution is -2.36. The number of aromatic nitrogens is 1. The highest BCUT2D eigenvalue weighted by atomic mass is 32.1. The summed E-state index contributed by atoms with van der Waals surface area (Å²) in [5.41, 5.74) is -0.657. The summed E-state index contributed by atoms with van der Waals surface area (Å²) in [5.74, 6) is -2.39. The molecular formula is C11H14F2N2S. The Hall–Kier alpha value is -0.710. The van der Waals surface area contributed by atoms with Gasteiger partial charge in [-0.15, -0.1) is 11.3 Å². The summed E-state index contributed by atoms with van der Waals surface area (Å²) in [6.45, 7) is 3.47. The van der Waals surface area contributed by atoms with Gasteiger partial charge in [0, 0.05) is 36.0 Å². The van der Waals surface area contributed by atoms with Crippen molar-refractivity contribution in [1.29, 1.82) is 0 Å². The van der Waals surface area contributed by atoms with Gasteiger partial charge in [-0.3, -0.25) is 0 Å². The molecule has 1 spiro atoms. The molecule has 1 aliphatic heterocycles. The fourth-order valence-corrected chi connectivity index (χ4v) is 3.35. The minimum Gasteiger partial charge on any atom is -0.348 e. The van der Waals surface area contributed by atoms with Crippen molar-refractivity contribution in [2.45, 2.75) is 32.1 Å². The van der Waals surface area contributed by atoms with Crippen LogP contribution in [-0.2, 0) is 0 Å². The standard InChI is InChI=1S/C11H14F2N2S/c1-8-6-14-9(16-8)15-4-2-10(3-5-15)7-11(10,12)13/h6H,2-5,7H2,1H3. The van der Waals surface area contributed by atoms with Gasteiger partial charge in [0.25, 0.3) is 5.92 Å². The SMILES string of the molecule is Cc1cnc(N2CCC3(CC2)CC3(F)F)s1. The van der Waals surface area contributed by atoms with Crippen molar-refractivity contribution < 1.29 is 8.78 Å². The van der Waals surface area contributed by atoms with Crippen LogP contribution in [0.15, 0.2) is 6.20 Å². The van der Waals surface area contributed by atoms with Gasteiger partial charge in [-0.05, 0) is 19.8 Å². The zero-order chi connectivity index (χ0) is 11.4. The lowest BCUT2D eigenvalue weighted by atomic mass is 9.93. The van der Waals surface area contributed by atoms with Crippen LogP contribution >= 0.6 is 11.3 Å². The van der Waals surface area contributed by atoms with E-state index in [2.05, 4.69) is 9.88 Å². The summed E-state index contributed by atoms with van der Waals surface area (Å²) < 4.78 is 26.3. The number of alkyl halides is 2. The maximum atomic E-state index is 13.2. The Morgan fingerprint density at radius 1 is 1.38 bits per heavy atom. The first kappa shape index (κ1) is 10.4. The fourth-order valence-electron chi connectivity index (χ4n) is 2.54. The second-order valence-corrected chi connectivity index (χ2v) is 6.12. The third-order valence-corrected chi connectivity index (χ3v) is 4.79. The highest BCUT2D eigenvalue weighted by Crippen LogP contribution is 2.65. The Balaban J connectivity index is 1.68. The molecule has 0 bridgehead atoms. The van der Waals surface area contributed by atoms with E-state index in [-0.39, 0.29) is 6.42 Å². The molecule has 0 radical (unpaired) electrons. The fraction of sp³-hybridized carbons (Fsp3) is 0.727. The van der Waals surface area contributed by atoms with Crippen LogP contribution < -0.4 is 4.90 Å². The molecule has 1 saturated carbocycles. The van der Waals surface area contributed by atoms with E-state index in [0.717, 1.165) is 18.2 Å². The predicted octanol–water partition coefficient (Wildman–Crippen LogP) is 3.08. The Morgan fingerprint density at radius 2 is 2.00 bits per heavy atom. The highest BCUT2D eigenvalue weighted by molar-refractivity contribution is 7.15. The Labute approximate surface area is 97.3 Å². The molecule has 88 valence electrons. The van der Waals surface area contributed by atoms with Crippen molar-refractivity contribution in [3.8, 4) is 0 Å². The number of hydrogen-bond donors (Lipinski definition) is 0. The predicted molar refractivity (Wildman–Crippen MR) is 60.3 cm³/mol. The molecular weight excluding hydrogens is 230 g/mol. The van der Waals surface area contributed by atoms with E-state index in [0.29, 0.717) is 12.8 Å². The summed E-state index contributed by atoms with van der Waals surface area (Å²) in [6.07, 6.45) is 3.16. The molecule has 0 aromatic carbocycles. The van der Waals surface area contributed by atoms with Crippen LogP contribution in [0.1, 0.15) is 24.1 Å². The molecule has 0 unspecified atom stereocenters. The van der Waals surface area contributed by atoms with Gasteiger partial charge >= 0.3 is 0 Å². The molecule has 1 saturated heterocycles. The molecule has 0 N–H and O–H groups in total. The minimum atomic E-state index is -2.39. The number of hydrogen-bond acceptors (Lipinski definition) is 3. The highest BCUT2D eigenvalue weighted by Gasteiger charge is 2.70. The van der Waals surface area contributed by atoms with E-state index in [9.17, 15) is 8.78 Å². The average molecular weight is 244 g/mol. The number of anilines is 1. The van der Waals surface area contributed by atoms with Crippen molar-refractivity contribution in [2.75, 3.05) is 18.0 Å². The number of rotatable bonds is 1. The number of piperidine rings is 1. The Bertz CT molecular complexity index is 408. The van der Waals surface area contributed by atoms with Gasteiger partial charge in [0.1, 0.15) is 0 Å². The van der Waals surface area contributed by atoms with E-state index in [1.54, 1.807) is 11.3 Å². The van der Waals surface area contributed by atoms with E-state index in [1.807, 2.05) is 13.1 Å². The molecule has 2 aliphatic rings. The van der Waals surface area contributed by atoms with Crippen molar-refractivity contribution in [3.63, 3.8) is 0 Å². The first-order chi connectivity index (χ1) is 7.52. The molecule has 0 amide bonds. The van der Waals surface area contributed by atoms with Crippen molar-refractivity contribution in [1.82, 2.24) is 4.98 Å². The summed E-state index contributed by atoms with van der Waals surface area (Å²) in [4.78, 5) is 7.61. The van der Waals surface area contributed by atoms with Crippen LogP contribution in [0.3, 0.4) is 0 Å². The lowest BCUT2D eigenvalue weighted by Gasteiger charge is -2.31. The Morgan fingerprint density at radius 3 is 2.44 bits per heavy atom. The monoisotopic (exact) mass is 244 g/mol. The largest absolute Gasteiger partial charge is 0.348 e. The van der Waals surface area contributed by atoms with Gasteiger partial charge in [0.05, 0.1) is 0 Å². The van der Waals surface area contributed by atoms with Crippen LogP contribution in [0.4, 0.5) is 13.9 Å². The molecule has 3 rings (SSSR count). The van der Waals surface area contributed by atoms with E-state index in [1.165, 1.54) is 4.88 Å². The average Bonchev–Trinajstić information content (AvgIpc) is 2.61. The molecule has 2 heterocycles. The number of nitrogens with zero attached hydrogens (tertiary/aromatic N) is 2. The minimum absolute atomic E-state index is 0.102. The first-order valence-corrected chi connectivity index (χ1v) is 6.39. The van der Waals surface area contributed by atoms with E-state index < -0.39 is 11.3 Å². The van der Waals surface area contributed by atoms with Crippen LogP contribution in [0.2, 0.25) is 0 Å². The first-order valence-electron chi connectivity index (χ1n) is 5.58. The van der Waals surface area contributed by atoms with E-state index >= 15 is 0 Å². The van der Waals surface area contributed by atoms with E-state index in [4.69, 9.17) is 0 Å². The van der Waals surface area contributed by atoms with Crippen LogP contribution in [0.5, 0.6) is 0 Å². The third-order valence-electron chi connectivity index (χ3n) is 3.81. The summed E-state index contributed by atoms with van der Waals surface area (Å²) >= 11 is 1.64. The topological polar surface area (TPSA) is 16.1 Å². The normalized spacial score (nSPS) is 26.1. The third kappa shape index (κ3) is 1.44.